The molecule has 0 aromatic carbocycles. The van der Waals surface area contributed by atoms with E-state index in [1.165, 1.54) is 15.0 Å². The number of halogens is 1. The van der Waals surface area contributed by atoms with Gasteiger partial charge in [-0.1, -0.05) is 0 Å². The number of pyridine rings is 1. The first-order valence-corrected chi connectivity index (χ1v) is 10.7. The maximum absolute atomic E-state index is 11.8. The molecule has 0 radical (unpaired) electrons. The van der Waals surface area contributed by atoms with Crippen molar-refractivity contribution in [2.75, 3.05) is 44.2 Å². The lowest BCUT2D eigenvalue weighted by atomic mass is 10.1. The Morgan fingerprint density at radius 1 is 0.964 bits per heavy atom. The summed E-state index contributed by atoms with van der Waals surface area (Å²) in [5.41, 5.74) is 0. The lowest BCUT2D eigenvalue weighted by molar-refractivity contribution is -0.148. The molecule has 0 bridgehead atoms. The highest BCUT2D eigenvalue weighted by Gasteiger charge is 2.25. The lowest BCUT2D eigenvalue weighted by Crippen LogP contribution is -2.47. The van der Waals surface area contributed by atoms with Crippen molar-refractivity contribution in [2.45, 2.75) is 32.1 Å². The number of piperazine rings is 1. The first-order valence-electron chi connectivity index (χ1n) is 9.85. The predicted molar refractivity (Wildman–Crippen MR) is 115 cm³/mol. The molecular formula is C20H27ClN4O2S. The first-order chi connectivity index (χ1) is 13.2. The van der Waals surface area contributed by atoms with Crippen LogP contribution in [-0.4, -0.2) is 65.9 Å². The number of nitrogens with zero attached hydrogens (tertiary/aromatic N) is 4. The smallest absolute Gasteiger partial charge is 0.229 e. The highest BCUT2D eigenvalue weighted by molar-refractivity contribution is 7.17. The molecule has 2 fully saturated rings. The van der Waals surface area contributed by atoms with Gasteiger partial charge in [0.2, 0.25) is 11.8 Å². The molecule has 0 atom stereocenters. The number of piperidine rings is 1. The second kappa shape index (κ2) is 9.67. The van der Waals surface area contributed by atoms with E-state index in [1.807, 2.05) is 6.20 Å². The van der Waals surface area contributed by atoms with Gasteiger partial charge in [0.05, 0.1) is 0 Å². The number of likely N-dealkylation sites (tertiary alicyclic amines) is 1. The van der Waals surface area contributed by atoms with E-state index in [2.05, 4.69) is 32.3 Å². The molecule has 6 nitrogen and oxygen atoms in total. The molecule has 2 aromatic rings. The van der Waals surface area contributed by atoms with Gasteiger partial charge in [0, 0.05) is 61.8 Å². The Morgan fingerprint density at radius 3 is 2.43 bits per heavy atom. The van der Waals surface area contributed by atoms with Gasteiger partial charge < -0.3 is 4.90 Å². The number of rotatable bonds is 6. The van der Waals surface area contributed by atoms with Gasteiger partial charge in [-0.25, -0.2) is 4.98 Å². The summed E-state index contributed by atoms with van der Waals surface area (Å²) in [6.45, 7) is 5.66. The summed E-state index contributed by atoms with van der Waals surface area (Å²) in [5.74, 6) is 1.13. The number of hydrogen-bond acceptors (Lipinski definition) is 6. The molecule has 2 aliphatic rings. The summed E-state index contributed by atoms with van der Waals surface area (Å²) in [5, 5.41) is 3.39. The third-order valence-corrected chi connectivity index (χ3v) is 6.40. The van der Waals surface area contributed by atoms with Gasteiger partial charge in [0.1, 0.15) is 5.82 Å². The summed E-state index contributed by atoms with van der Waals surface area (Å²) < 4.78 is 1.30. The Bertz CT molecular complexity index is 803. The number of imide groups is 1. The van der Waals surface area contributed by atoms with E-state index >= 15 is 0 Å². The maximum atomic E-state index is 11.8. The van der Waals surface area contributed by atoms with E-state index in [1.54, 1.807) is 11.3 Å². The fraction of sp³-hybridized carbons (Fsp3) is 0.550. The molecule has 2 aliphatic heterocycles. The minimum Gasteiger partial charge on any atom is -0.354 e. The Balaban J connectivity index is 0.00000225. The van der Waals surface area contributed by atoms with E-state index < -0.39 is 0 Å². The maximum Gasteiger partial charge on any atom is 0.229 e. The zero-order valence-corrected chi connectivity index (χ0v) is 17.6. The van der Waals surface area contributed by atoms with Crippen LogP contribution in [-0.2, 0) is 9.59 Å². The van der Waals surface area contributed by atoms with Crippen molar-refractivity contribution in [2.24, 2.45) is 0 Å². The molecule has 0 saturated carbocycles. The van der Waals surface area contributed by atoms with Gasteiger partial charge in [-0.05, 0) is 43.3 Å². The lowest BCUT2D eigenvalue weighted by Gasteiger charge is -2.35. The van der Waals surface area contributed by atoms with Crippen LogP contribution in [0.25, 0.3) is 10.1 Å². The van der Waals surface area contributed by atoms with Gasteiger partial charge in [0.15, 0.2) is 0 Å². The molecular weight excluding hydrogens is 396 g/mol. The molecule has 2 amide bonds. The zero-order chi connectivity index (χ0) is 18.6. The van der Waals surface area contributed by atoms with E-state index in [0.29, 0.717) is 25.8 Å². The van der Waals surface area contributed by atoms with Gasteiger partial charge in [-0.3, -0.25) is 19.4 Å². The summed E-state index contributed by atoms with van der Waals surface area (Å²) in [6, 6.07) is 4.25. The Kier molecular flexibility index (Phi) is 7.26. The third kappa shape index (κ3) is 4.64. The van der Waals surface area contributed by atoms with Crippen molar-refractivity contribution in [1.29, 1.82) is 0 Å². The number of hydrogen-bond donors (Lipinski definition) is 0. The average Bonchev–Trinajstić information content (AvgIpc) is 3.16. The fourth-order valence-electron chi connectivity index (χ4n) is 3.97. The number of carbonyl (C=O) groups is 2. The average molecular weight is 423 g/mol. The number of anilines is 1. The van der Waals surface area contributed by atoms with Gasteiger partial charge >= 0.3 is 0 Å². The highest BCUT2D eigenvalue weighted by atomic mass is 35.5. The molecule has 0 aliphatic carbocycles. The van der Waals surface area contributed by atoms with Crippen molar-refractivity contribution in [3.63, 3.8) is 0 Å². The second-order valence-corrected chi connectivity index (χ2v) is 8.24. The molecule has 2 aromatic heterocycles. The molecule has 152 valence electrons. The van der Waals surface area contributed by atoms with Crippen LogP contribution in [0.15, 0.2) is 23.7 Å². The molecule has 4 heterocycles. The number of amides is 2. The molecule has 0 spiro atoms. The number of thiophene rings is 1. The van der Waals surface area contributed by atoms with E-state index in [9.17, 15) is 9.59 Å². The number of carbonyl (C=O) groups excluding carboxylic acids is 2. The second-order valence-electron chi connectivity index (χ2n) is 7.30. The Hall–Kier alpha value is -1.70. The summed E-state index contributed by atoms with van der Waals surface area (Å²) in [4.78, 5) is 34.6. The van der Waals surface area contributed by atoms with Crippen LogP contribution in [0, 0.1) is 0 Å². The Labute approximate surface area is 175 Å². The number of unbranched alkanes of at least 4 members (excludes halogenated alkanes) is 1. The molecule has 8 heteroatoms. The van der Waals surface area contributed by atoms with Crippen LogP contribution in [0.2, 0.25) is 0 Å². The van der Waals surface area contributed by atoms with E-state index in [4.69, 9.17) is 0 Å². The monoisotopic (exact) mass is 422 g/mol. The largest absolute Gasteiger partial charge is 0.354 e. The van der Waals surface area contributed by atoms with Crippen LogP contribution >= 0.6 is 23.7 Å². The van der Waals surface area contributed by atoms with E-state index in [0.717, 1.165) is 51.4 Å². The topological polar surface area (TPSA) is 56.8 Å². The van der Waals surface area contributed by atoms with Crippen molar-refractivity contribution < 1.29 is 9.59 Å². The minimum atomic E-state index is 0. The molecule has 2 saturated heterocycles. The molecule has 0 N–H and O–H groups in total. The van der Waals surface area contributed by atoms with Crippen molar-refractivity contribution in [3.8, 4) is 0 Å². The third-order valence-electron chi connectivity index (χ3n) is 5.52. The normalized spacial score (nSPS) is 18.6. The number of aromatic nitrogens is 1. The summed E-state index contributed by atoms with van der Waals surface area (Å²) >= 11 is 1.76. The van der Waals surface area contributed by atoms with E-state index in [-0.39, 0.29) is 24.2 Å². The molecule has 0 unspecified atom stereocenters. The van der Waals surface area contributed by atoms with Crippen LogP contribution in [0.3, 0.4) is 0 Å². The van der Waals surface area contributed by atoms with Gasteiger partial charge in [-0.2, -0.15) is 0 Å². The fourth-order valence-corrected chi connectivity index (χ4v) is 4.75. The van der Waals surface area contributed by atoms with Crippen molar-refractivity contribution in [1.82, 2.24) is 14.8 Å². The number of fused-ring (bicyclic) bond motifs is 1. The van der Waals surface area contributed by atoms with Crippen LogP contribution in [0.1, 0.15) is 32.1 Å². The van der Waals surface area contributed by atoms with Crippen molar-refractivity contribution >= 4 is 51.5 Å². The van der Waals surface area contributed by atoms with Gasteiger partial charge in [-0.15, -0.1) is 23.7 Å². The summed E-state index contributed by atoms with van der Waals surface area (Å²) in [7, 11) is 0. The standard InChI is InChI=1S/C20H26N4O2S.ClH/c25-18-4-3-5-19(26)24(18)10-2-1-9-22-11-13-23(14-12-22)20-16-7-15-27-17(16)6-8-21-20;/h6-8,15H,1-5,9-14H2;1H. The highest BCUT2D eigenvalue weighted by Crippen LogP contribution is 2.29. The quantitative estimate of drug-likeness (QED) is 0.528. The van der Waals surface area contributed by atoms with Crippen LogP contribution in [0.4, 0.5) is 5.82 Å². The van der Waals surface area contributed by atoms with Crippen molar-refractivity contribution in [3.05, 3.63) is 23.7 Å². The zero-order valence-electron chi connectivity index (χ0n) is 16.0. The minimum absolute atomic E-state index is 0. The molecule has 4 rings (SSSR count). The SMILES string of the molecule is Cl.O=C1CCCC(=O)N1CCCCN1CCN(c2nccc3sccc23)CC1. The predicted octanol–water partition coefficient (Wildman–Crippen LogP) is 3.16. The summed E-state index contributed by atoms with van der Waals surface area (Å²) in [6.07, 6.45) is 5.59. The van der Waals surface area contributed by atoms with Gasteiger partial charge in [0.25, 0.3) is 0 Å². The first kappa shape index (κ1) is 21.0. The molecule has 28 heavy (non-hydrogen) atoms. The van der Waals surface area contributed by atoms with Crippen LogP contribution in [0.5, 0.6) is 0 Å². The van der Waals surface area contributed by atoms with Crippen LogP contribution < -0.4 is 4.90 Å². The Morgan fingerprint density at radius 2 is 1.68 bits per heavy atom.